The Balaban J connectivity index is 2.01. The second kappa shape index (κ2) is 5.39. The third-order valence-corrected chi connectivity index (χ3v) is 4.14. The lowest BCUT2D eigenvalue weighted by molar-refractivity contribution is -0.133. The van der Waals surface area contributed by atoms with Gasteiger partial charge in [0, 0.05) is 16.1 Å². The van der Waals surface area contributed by atoms with Crippen molar-refractivity contribution in [1.82, 2.24) is 0 Å². The van der Waals surface area contributed by atoms with Crippen LogP contribution in [0.1, 0.15) is 22.3 Å². The number of rotatable bonds is 3. The van der Waals surface area contributed by atoms with Crippen LogP contribution in [0.2, 0.25) is 10.0 Å². The van der Waals surface area contributed by atoms with Crippen molar-refractivity contribution < 1.29 is 14.7 Å². The molecule has 6 heteroatoms. The Kier molecular flexibility index (Phi) is 3.68. The lowest BCUT2D eigenvalue weighted by Crippen LogP contribution is -2.36. The van der Waals surface area contributed by atoms with Crippen LogP contribution in [0.25, 0.3) is 0 Å². The fourth-order valence-electron chi connectivity index (χ4n) is 2.50. The average molecular weight is 336 g/mol. The van der Waals surface area contributed by atoms with Crippen LogP contribution < -0.4 is 5.32 Å². The van der Waals surface area contributed by atoms with Gasteiger partial charge in [-0.2, -0.15) is 0 Å². The van der Waals surface area contributed by atoms with Gasteiger partial charge in [0.2, 0.25) is 0 Å². The maximum absolute atomic E-state index is 12.3. The second-order valence-electron chi connectivity index (χ2n) is 5.09. The Hall–Kier alpha value is -1.88. The van der Waals surface area contributed by atoms with E-state index in [1.165, 1.54) is 12.1 Å². The number of Topliss-reactive ketones (excluding diaryl/α,β-unsaturated/α-hetero) is 1. The highest BCUT2D eigenvalue weighted by Crippen LogP contribution is 2.44. The molecule has 0 fully saturated rings. The van der Waals surface area contributed by atoms with Gasteiger partial charge in [-0.25, -0.2) is 0 Å². The summed E-state index contributed by atoms with van der Waals surface area (Å²) in [5.41, 5.74) is -1.04. The van der Waals surface area contributed by atoms with Crippen molar-refractivity contribution in [3.05, 3.63) is 63.6 Å². The molecule has 0 saturated carbocycles. The zero-order chi connectivity index (χ0) is 15.9. The molecule has 1 atom stereocenters. The molecule has 1 aliphatic heterocycles. The third-order valence-electron chi connectivity index (χ3n) is 3.63. The number of nitrogens with one attached hydrogen (secondary N) is 1. The number of carbonyl (C=O) groups is 2. The van der Waals surface area contributed by atoms with Crippen molar-refractivity contribution in [2.75, 3.05) is 5.32 Å². The van der Waals surface area contributed by atoms with Gasteiger partial charge in [-0.15, -0.1) is 0 Å². The van der Waals surface area contributed by atoms with Gasteiger partial charge < -0.3 is 10.4 Å². The minimum Gasteiger partial charge on any atom is -0.375 e. The highest BCUT2D eigenvalue weighted by Gasteiger charge is 2.47. The molecule has 2 aromatic carbocycles. The van der Waals surface area contributed by atoms with E-state index >= 15 is 0 Å². The first-order valence-electron chi connectivity index (χ1n) is 6.53. The molecule has 3 rings (SSSR count). The summed E-state index contributed by atoms with van der Waals surface area (Å²) in [5, 5.41) is 13.8. The highest BCUT2D eigenvalue weighted by atomic mass is 35.5. The predicted molar refractivity (Wildman–Crippen MR) is 84.4 cm³/mol. The van der Waals surface area contributed by atoms with Gasteiger partial charge in [-0.3, -0.25) is 9.59 Å². The fraction of sp³-hybridized carbons (Fsp3) is 0.125. The number of fused-ring (bicyclic) bond motifs is 1. The second-order valence-corrected chi connectivity index (χ2v) is 5.93. The lowest BCUT2D eigenvalue weighted by atomic mass is 9.88. The minimum absolute atomic E-state index is 0.221. The summed E-state index contributed by atoms with van der Waals surface area (Å²) in [5.74, 6) is -1.03. The normalized spacial score (nSPS) is 19.7. The van der Waals surface area contributed by atoms with Gasteiger partial charge in [0.25, 0.3) is 5.91 Å². The van der Waals surface area contributed by atoms with Crippen LogP contribution in [-0.4, -0.2) is 16.8 Å². The summed E-state index contributed by atoms with van der Waals surface area (Å²) in [6.45, 7) is 0. The van der Waals surface area contributed by atoms with Gasteiger partial charge in [0.15, 0.2) is 11.4 Å². The number of amides is 1. The average Bonchev–Trinajstić information content (AvgIpc) is 2.73. The molecule has 0 bridgehead atoms. The van der Waals surface area contributed by atoms with Crippen LogP contribution in [0.4, 0.5) is 5.69 Å². The summed E-state index contributed by atoms with van der Waals surface area (Å²) >= 11 is 12.0. The van der Waals surface area contributed by atoms with E-state index in [1.807, 2.05) is 0 Å². The van der Waals surface area contributed by atoms with E-state index in [-0.39, 0.29) is 27.8 Å². The first-order chi connectivity index (χ1) is 10.4. The molecule has 0 aromatic heterocycles. The van der Waals surface area contributed by atoms with Crippen LogP contribution in [0, 0.1) is 0 Å². The first kappa shape index (κ1) is 15.0. The molecule has 0 radical (unpaired) electrons. The van der Waals surface area contributed by atoms with Crippen molar-refractivity contribution in [2.24, 2.45) is 0 Å². The summed E-state index contributed by atoms with van der Waals surface area (Å²) in [6, 6.07) is 11.4. The molecule has 1 heterocycles. The molecule has 0 spiro atoms. The van der Waals surface area contributed by atoms with Gasteiger partial charge >= 0.3 is 0 Å². The Morgan fingerprint density at radius 3 is 2.55 bits per heavy atom. The quantitative estimate of drug-likeness (QED) is 0.844. The van der Waals surface area contributed by atoms with Crippen LogP contribution in [0.5, 0.6) is 0 Å². The molecule has 4 nitrogen and oxygen atoms in total. The van der Waals surface area contributed by atoms with Gasteiger partial charge in [-0.1, -0.05) is 53.5 Å². The molecule has 0 unspecified atom stereocenters. The summed E-state index contributed by atoms with van der Waals surface area (Å²) < 4.78 is 0. The van der Waals surface area contributed by atoms with E-state index in [0.29, 0.717) is 11.3 Å². The monoisotopic (exact) mass is 335 g/mol. The van der Waals surface area contributed by atoms with Gasteiger partial charge in [0.1, 0.15) is 0 Å². The molecule has 1 amide bonds. The Labute approximate surface area is 136 Å². The molecule has 0 aliphatic carbocycles. The van der Waals surface area contributed by atoms with E-state index < -0.39 is 11.5 Å². The molecule has 1 aliphatic rings. The smallest absolute Gasteiger partial charge is 0.261 e. The summed E-state index contributed by atoms with van der Waals surface area (Å²) in [7, 11) is 0. The van der Waals surface area contributed by atoms with Crippen molar-refractivity contribution in [3.8, 4) is 0 Å². The van der Waals surface area contributed by atoms with E-state index in [0.717, 1.165) is 0 Å². The molecule has 2 aromatic rings. The molecule has 22 heavy (non-hydrogen) atoms. The zero-order valence-corrected chi connectivity index (χ0v) is 12.8. The molecule has 2 N–H and O–H groups in total. The standard InChI is InChI=1S/C16H11Cl2NO3/c17-10-6-11-14(12(18)7-10)19-15(21)16(11,22)8-13(20)9-4-2-1-3-5-9/h1-7,22H,8H2,(H,19,21)/t16-/m1/s1. The maximum Gasteiger partial charge on any atom is 0.261 e. The van der Waals surface area contributed by atoms with Crippen LogP contribution in [0.3, 0.4) is 0 Å². The molecular weight excluding hydrogens is 325 g/mol. The number of benzene rings is 2. The Bertz CT molecular complexity index is 776. The van der Waals surface area contributed by atoms with Crippen LogP contribution in [-0.2, 0) is 10.4 Å². The highest BCUT2D eigenvalue weighted by molar-refractivity contribution is 6.37. The number of hydrogen-bond donors (Lipinski definition) is 2. The number of hydrogen-bond acceptors (Lipinski definition) is 3. The van der Waals surface area contributed by atoms with Gasteiger partial charge in [0.05, 0.1) is 17.1 Å². The van der Waals surface area contributed by atoms with E-state index in [4.69, 9.17) is 23.2 Å². The molecule has 0 saturated heterocycles. The topological polar surface area (TPSA) is 66.4 Å². The SMILES string of the molecule is O=C(C[C@]1(O)C(=O)Nc2c(Cl)cc(Cl)cc21)c1ccccc1. The third kappa shape index (κ3) is 2.39. The van der Waals surface area contributed by atoms with Crippen molar-refractivity contribution >= 4 is 40.6 Å². The Morgan fingerprint density at radius 2 is 1.86 bits per heavy atom. The van der Waals surface area contributed by atoms with Crippen LogP contribution >= 0.6 is 23.2 Å². The largest absolute Gasteiger partial charge is 0.375 e. The fourth-order valence-corrected chi connectivity index (χ4v) is 3.04. The van der Waals surface area contributed by atoms with E-state index in [1.54, 1.807) is 30.3 Å². The van der Waals surface area contributed by atoms with Crippen LogP contribution in [0.15, 0.2) is 42.5 Å². The van der Waals surface area contributed by atoms with E-state index in [2.05, 4.69) is 5.32 Å². The predicted octanol–water partition coefficient (Wildman–Crippen LogP) is 3.41. The number of ketones is 1. The number of anilines is 1. The number of carbonyl (C=O) groups excluding carboxylic acids is 2. The molecular formula is C16H11Cl2NO3. The maximum atomic E-state index is 12.3. The van der Waals surface area contributed by atoms with Crippen molar-refractivity contribution in [3.63, 3.8) is 0 Å². The van der Waals surface area contributed by atoms with Crippen molar-refractivity contribution in [2.45, 2.75) is 12.0 Å². The summed E-state index contributed by atoms with van der Waals surface area (Å²) in [6.07, 6.45) is -0.382. The van der Waals surface area contributed by atoms with Crippen molar-refractivity contribution in [1.29, 1.82) is 0 Å². The van der Waals surface area contributed by atoms with E-state index in [9.17, 15) is 14.7 Å². The number of aliphatic hydroxyl groups is 1. The Morgan fingerprint density at radius 1 is 1.18 bits per heavy atom. The molecule has 112 valence electrons. The summed E-state index contributed by atoms with van der Waals surface area (Å²) in [4.78, 5) is 24.5. The first-order valence-corrected chi connectivity index (χ1v) is 7.29. The lowest BCUT2D eigenvalue weighted by Gasteiger charge is -2.20. The van der Waals surface area contributed by atoms with Gasteiger partial charge in [-0.05, 0) is 12.1 Å². The zero-order valence-electron chi connectivity index (χ0n) is 11.3. The number of halogens is 2. The minimum atomic E-state index is -1.98.